The molecule has 1 atom stereocenters. The number of pyridine rings is 1. The minimum atomic E-state index is -0.647. The highest BCUT2D eigenvalue weighted by molar-refractivity contribution is 5.91. The second kappa shape index (κ2) is 8.99. The number of benzene rings is 1. The lowest BCUT2D eigenvalue weighted by molar-refractivity contribution is -0.605. The molecule has 0 aliphatic heterocycles. The Balaban J connectivity index is 1.83. The summed E-state index contributed by atoms with van der Waals surface area (Å²) in [5, 5.41) is 13.7. The van der Waals surface area contributed by atoms with E-state index < -0.39 is 5.97 Å². The molecule has 0 aliphatic rings. The lowest BCUT2D eigenvalue weighted by Crippen LogP contribution is -2.31. The highest BCUT2D eigenvalue weighted by Gasteiger charge is 2.14. The Labute approximate surface area is 153 Å². The number of rotatable bonds is 7. The largest absolute Gasteiger partial charge is 0.619 e. The molecule has 26 heavy (non-hydrogen) atoms. The lowest BCUT2D eigenvalue weighted by Gasteiger charge is -2.15. The number of hydrogen-bond acceptors (Lipinski definition) is 4. The fourth-order valence-electron chi connectivity index (χ4n) is 2.54. The summed E-state index contributed by atoms with van der Waals surface area (Å²) in [5.41, 5.74) is 2.47. The Hall–Kier alpha value is -2.89. The molecule has 1 aromatic carbocycles. The minimum absolute atomic E-state index is 0.189. The van der Waals surface area contributed by atoms with Crippen molar-refractivity contribution >= 4 is 11.9 Å². The van der Waals surface area contributed by atoms with Gasteiger partial charge < -0.3 is 15.3 Å². The van der Waals surface area contributed by atoms with Gasteiger partial charge in [-0.1, -0.05) is 38.1 Å². The molecular weight excluding hydrogens is 332 g/mol. The standard InChI is InChI=1S/C20H24N2O4/c1-14(2)12-16-4-6-17(7-5-16)15(3)21-19(23)13-26-20(24)18-8-10-22(25)11-9-18/h4-11,14-15H,12-13H2,1-3H3,(H,21,23)/t15-/m1/s1. The third-order valence-corrected chi connectivity index (χ3v) is 3.87. The number of esters is 1. The van der Waals surface area contributed by atoms with Crippen LogP contribution in [-0.2, 0) is 16.0 Å². The zero-order chi connectivity index (χ0) is 19.1. The van der Waals surface area contributed by atoms with Crippen LogP contribution in [0, 0.1) is 11.1 Å². The van der Waals surface area contributed by atoms with Crippen molar-refractivity contribution in [2.45, 2.75) is 33.2 Å². The Bertz CT molecular complexity index is 739. The molecule has 1 heterocycles. The van der Waals surface area contributed by atoms with Crippen LogP contribution < -0.4 is 10.0 Å². The third kappa shape index (κ3) is 5.88. The lowest BCUT2D eigenvalue weighted by atomic mass is 10.00. The number of hydrogen-bond donors (Lipinski definition) is 1. The topological polar surface area (TPSA) is 82.3 Å². The van der Waals surface area contributed by atoms with Crippen LogP contribution in [0.25, 0.3) is 0 Å². The SMILES string of the molecule is CC(C)Cc1ccc([C@@H](C)NC(=O)COC(=O)c2cc[n+]([O-])cc2)cc1. The van der Waals surface area contributed by atoms with Gasteiger partial charge in [0, 0.05) is 12.1 Å². The van der Waals surface area contributed by atoms with Gasteiger partial charge in [0.2, 0.25) is 0 Å². The van der Waals surface area contributed by atoms with E-state index in [-0.39, 0.29) is 24.1 Å². The van der Waals surface area contributed by atoms with Gasteiger partial charge in [-0.3, -0.25) is 4.79 Å². The van der Waals surface area contributed by atoms with Gasteiger partial charge in [0.1, 0.15) is 0 Å². The van der Waals surface area contributed by atoms with E-state index in [2.05, 4.69) is 31.3 Å². The maximum Gasteiger partial charge on any atom is 0.339 e. The minimum Gasteiger partial charge on any atom is -0.619 e. The van der Waals surface area contributed by atoms with Crippen LogP contribution in [0.1, 0.15) is 48.3 Å². The Morgan fingerprint density at radius 1 is 1.08 bits per heavy atom. The van der Waals surface area contributed by atoms with Crippen molar-refractivity contribution < 1.29 is 19.1 Å². The molecule has 2 aromatic rings. The summed E-state index contributed by atoms with van der Waals surface area (Å²) in [6, 6.07) is 10.6. The molecule has 0 saturated heterocycles. The molecule has 0 bridgehead atoms. The van der Waals surface area contributed by atoms with Crippen LogP contribution in [0.2, 0.25) is 0 Å². The van der Waals surface area contributed by atoms with E-state index in [0.29, 0.717) is 10.6 Å². The zero-order valence-electron chi connectivity index (χ0n) is 15.3. The van der Waals surface area contributed by atoms with Gasteiger partial charge in [-0.25, -0.2) is 4.79 Å². The average Bonchev–Trinajstić information content (AvgIpc) is 2.60. The van der Waals surface area contributed by atoms with Crippen molar-refractivity contribution in [3.8, 4) is 0 Å². The quantitative estimate of drug-likeness (QED) is 0.469. The van der Waals surface area contributed by atoms with Crippen LogP contribution in [0.3, 0.4) is 0 Å². The normalized spacial score (nSPS) is 11.8. The van der Waals surface area contributed by atoms with Crippen molar-refractivity contribution in [3.63, 3.8) is 0 Å². The summed E-state index contributed by atoms with van der Waals surface area (Å²) in [7, 11) is 0. The summed E-state index contributed by atoms with van der Waals surface area (Å²) in [6.45, 7) is 5.85. The average molecular weight is 356 g/mol. The van der Waals surface area contributed by atoms with Crippen molar-refractivity contribution in [3.05, 3.63) is 70.7 Å². The molecule has 138 valence electrons. The van der Waals surface area contributed by atoms with Crippen molar-refractivity contribution in [2.75, 3.05) is 6.61 Å². The van der Waals surface area contributed by atoms with Gasteiger partial charge in [0.15, 0.2) is 19.0 Å². The summed E-state index contributed by atoms with van der Waals surface area (Å²) in [6.07, 6.45) is 3.41. The van der Waals surface area contributed by atoms with Gasteiger partial charge in [0.05, 0.1) is 11.6 Å². The molecule has 2 rings (SSSR count). The molecule has 0 saturated carbocycles. The first-order valence-corrected chi connectivity index (χ1v) is 8.59. The van der Waals surface area contributed by atoms with E-state index in [0.717, 1.165) is 12.0 Å². The number of nitrogens with one attached hydrogen (secondary N) is 1. The molecule has 0 unspecified atom stereocenters. The van der Waals surface area contributed by atoms with Crippen molar-refractivity contribution in [1.29, 1.82) is 0 Å². The fourth-order valence-corrected chi connectivity index (χ4v) is 2.54. The Morgan fingerprint density at radius 2 is 1.69 bits per heavy atom. The van der Waals surface area contributed by atoms with E-state index >= 15 is 0 Å². The molecule has 6 heteroatoms. The Kier molecular flexibility index (Phi) is 6.72. The molecule has 0 aliphatic carbocycles. The summed E-state index contributed by atoms with van der Waals surface area (Å²) >= 11 is 0. The van der Waals surface area contributed by atoms with Gasteiger partial charge in [0.25, 0.3) is 5.91 Å². The number of carbonyl (C=O) groups is 2. The summed E-state index contributed by atoms with van der Waals surface area (Å²) < 4.78 is 5.53. The van der Waals surface area contributed by atoms with E-state index in [1.807, 2.05) is 19.1 Å². The Morgan fingerprint density at radius 3 is 2.27 bits per heavy atom. The van der Waals surface area contributed by atoms with Gasteiger partial charge in [-0.15, -0.1) is 0 Å². The van der Waals surface area contributed by atoms with Crippen LogP contribution >= 0.6 is 0 Å². The van der Waals surface area contributed by atoms with E-state index in [9.17, 15) is 14.8 Å². The van der Waals surface area contributed by atoms with Crippen molar-refractivity contribution in [2.24, 2.45) is 5.92 Å². The molecule has 0 fully saturated rings. The van der Waals surface area contributed by atoms with Crippen LogP contribution in [-0.4, -0.2) is 18.5 Å². The molecule has 1 amide bonds. The first kappa shape index (κ1) is 19.4. The van der Waals surface area contributed by atoms with Gasteiger partial charge in [-0.05, 0) is 30.4 Å². The highest BCUT2D eigenvalue weighted by atomic mass is 16.5. The van der Waals surface area contributed by atoms with Crippen LogP contribution in [0.15, 0.2) is 48.8 Å². The molecule has 6 nitrogen and oxygen atoms in total. The smallest absolute Gasteiger partial charge is 0.339 e. The second-order valence-corrected chi connectivity index (χ2v) is 6.65. The molecule has 1 N–H and O–H groups in total. The molecule has 1 aromatic heterocycles. The number of aromatic nitrogens is 1. The number of carbonyl (C=O) groups excluding carboxylic acids is 2. The van der Waals surface area contributed by atoms with E-state index in [1.165, 1.54) is 30.1 Å². The zero-order valence-corrected chi connectivity index (χ0v) is 15.3. The number of ether oxygens (including phenoxy) is 1. The van der Waals surface area contributed by atoms with E-state index in [1.54, 1.807) is 0 Å². The predicted octanol–water partition coefficient (Wildman–Crippen LogP) is 2.55. The van der Waals surface area contributed by atoms with Crippen LogP contribution in [0.5, 0.6) is 0 Å². The van der Waals surface area contributed by atoms with Crippen LogP contribution in [0.4, 0.5) is 0 Å². The number of amides is 1. The predicted molar refractivity (Wildman–Crippen MR) is 97.2 cm³/mol. The maximum absolute atomic E-state index is 12.0. The second-order valence-electron chi connectivity index (χ2n) is 6.65. The highest BCUT2D eigenvalue weighted by Crippen LogP contribution is 2.15. The maximum atomic E-state index is 12.0. The molecule has 0 spiro atoms. The number of nitrogens with zero attached hydrogens (tertiary/aromatic N) is 1. The molecule has 0 radical (unpaired) electrons. The summed E-state index contributed by atoms with van der Waals surface area (Å²) in [5.74, 6) is -0.436. The first-order chi connectivity index (χ1) is 12.3. The third-order valence-electron chi connectivity index (χ3n) is 3.87. The van der Waals surface area contributed by atoms with Gasteiger partial charge >= 0.3 is 5.97 Å². The summed E-state index contributed by atoms with van der Waals surface area (Å²) in [4.78, 5) is 23.8. The fraction of sp³-hybridized carbons (Fsp3) is 0.350. The monoisotopic (exact) mass is 356 g/mol. The first-order valence-electron chi connectivity index (χ1n) is 8.59. The van der Waals surface area contributed by atoms with Gasteiger partial charge in [-0.2, -0.15) is 4.73 Å². The molecular formula is C20H24N2O4. The van der Waals surface area contributed by atoms with Crippen molar-refractivity contribution in [1.82, 2.24) is 5.32 Å². The van der Waals surface area contributed by atoms with E-state index in [4.69, 9.17) is 4.74 Å².